The molecule has 20 heavy (non-hydrogen) atoms. The average Bonchev–Trinajstić information content (AvgIpc) is 2.46. The van der Waals surface area contributed by atoms with Gasteiger partial charge in [0, 0.05) is 26.7 Å². The Hall–Kier alpha value is -2.08. The number of hydrogen-bond acceptors (Lipinski definition) is 3. The molecule has 1 heterocycles. The van der Waals surface area contributed by atoms with Crippen LogP contribution in [0, 0.1) is 0 Å². The van der Waals surface area contributed by atoms with Gasteiger partial charge in [0.2, 0.25) is 0 Å². The summed E-state index contributed by atoms with van der Waals surface area (Å²) in [7, 11) is 1.58. The van der Waals surface area contributed by atoms with Crippen molar-refractivity contribution in [2.45, 2.75) is 13.0 Å². The van der Waals surface area contributed by atoms with Gasteiger partial charge in [-0.3, -0.25) is 0 Å². The first-order valence-corrected chi connectivity index (χ1v) is 6.49. The lowest BCUT2D eigenvalue weighted by molar-refractivity contribution is 0.0695. The second-order valence-corrected chi connectivity index (χ2v) is 4.64. The number of carbonyl (C=O) groups is 2. The van der Waals surface area contributed by atoms with E-state index in [1.54, 1.807) is 24.1 Å². The molecule has 0 saturated carbocycles. The molecule has 0 unspecified atom stereocenters. The van der Waals surface area contributed by atoms with Crippen molar-refractivity contribution in [1.29, 1.82) is 0 Å². The standard InChI is InChI=1S/C14H18N2O4/c1-20-8-6-15-14(19)16-7-5-11-10(9-16)3-2-4-12(11)13(17)18/h2-4H,5-9H2,1H3,(H,15,19)(H,17,18). The third-order valence-electron chi connectivity index (χ3n) is 3.37. The largest absolute Gasteiger partial charge is 0.478 e. The molecule has 0 bridgehead atoms. The lowest BCUT2D eigenvalue weighted by Crippen LogP contribution is -2.43. The van der Waals surface area contributed by atoms with Crippen molar-refractivity contribution < 1.29 is 19.4 Å². The van der Waals surface area contributed by atoms with Gasteiger partial charge in [-0.2, -0.15) is 0 Å². The number of carbonyl (C=O) groups excluding carboxylic acids is 1. The number of nitrogens with zero attached hydrogens (tertiary/aromatic N) is 1. The van der Waals surface area contributed by atoms with Gasteiger partial charge in [-0.25, -0.2) is 9.59 Å². The van der Waals surface area contributed by atoms with Crippen molar-refractivity contribution in [3.63, 3.8) is 0 Å². The molecule has 1 aliphatic heterocycles. The number of benzene rings is 1. The first-order chi connectivity index (χ1) is 9.63. The van der Waals surface area contributed by atoms with Gasteiger partial charge in [0.05, 0.1) is 12.2 Å². The second-order valence-electron chi connectivity index (χ2n) is 4.64. The molecule has 2 amide bonds. The van der Waals surface area contributed by atoms with E-state index in [2.05, 4.69) is 5.32 Å². The highest BCUT2D eigenvalue weighted by Crippen LogP contribution is 2.22. The van der Waals surface area contributed by atoms with Crippen molar-refractivity contribution in [1.82, 2.24) is 10.2 Å². The number of carboxylic acids is 1. The Morgan fingerprint density at radius 1 is 1.45 bits per heavy atom. The van der Waals surface area contributed by atoms with Crippen LogP contribution in [0.15, 0.2) is 18.2 Å². The molecule has 1 aromatic carbocycles. The van der Waals surface area contributed by atoms with Crippen LogP contribution in [-0.2, 0) is 17.7 Å². The van der Waals surface area contributed by atoms with Gasteiger partial charge in [0.15, 0.2) is 0 Å². The number of fused-ring (bicyclic) bond motifs is 1. The van der Waals surface area contributed by atoms with Crippen LogP contribution in [0.25, 0.3) is 0 Å². The van der Waals surface area contributed by atoms with E-state index in [4.69, 9.17) is 9.84 Å². The van der Waals surface area contributed by atoms with Gasteiger partial charge in [-0.05, 0) is 23.6 Å². The van der Waals surface area contributed by atoms with Gasteiger partial charge < -0.3 is 20.1 Å². The molecule has 0 saturated heterocycles. The van der Waals surface area contributed by atoms with Gasteiger partial charge >= 0.3 is 12.0 Å². The summed E-state index contributed by atoms with van der Waals surface area (Å²) in [4.78, 5) is 24.8. The van der Waals surface area contributed by atoms with E-state index in [0.717, 1.165) is 11.1 Å². The number of carboxylic acid groups (broad SMARTS) is 1. The van der Waals surface area contributed by atoms with Crippen LogP contribution in [0.3, 0.4) is 0 Å². The summed E-state index contributed by atoms with van der Waals surface area (Å²) in [6, 6.07) is 5.05. The lowest BCUT2D eigenvalue weighted by Gasteiger charge is -2.29. The molecule has 0 aliphatic carbocycles. The van der Waals surface area contributed by atoms with E-state index >= 15 is 0 Å². The van der Waals surface area contributed by atoms with E-state index in [1.165, 1.54) is 0 Å². The van der Waals surface area contributed by atoms with Gasteiger partial charge in [-0.1, -0.05) is 12.1 Å². The van der Waals surface area contributed by atoms with Crippen LogP contribution in [0.1, 0.15) is 21.5 Å². The normalized spacial score (nSPS) is 13.8. The lowest BCUT2D eigenvalue weighted by atomic mass is 9.95. The molecular weight excluding hydrogens is 260 g/mol. The fraction of sp³-hybridized carbons (Fsp3) is 0.429. The Kier molecular flexibility index (Phi) is 4.57. The topological polar surface area (TPSA) is 78.9 Å². The predicted octanol–water partition coefficient (Wildman–Crippen LogP) is 1.10. The van der Waals surface area contributed by atoms with E-state index in [-0.39, 0.29) is 6.03 Å². The number of ether oxygens (including phenoxy) is 1. The predicted molar refractivity (Wildman–Crippen MR) is 72.8 cm³/mol. The summed E-state index contributed by atoms with van der Waals surface area (Å²) in [6.45, 7) is 1.90. The zero-order chi connectivity index (χ0) is 14.5. The molecule has 0 fully saturated rings. The minimum atomic E-state index is -0.917. The number of rotatable bonds is 4. The van der Waals surface area contributed by atoms with Gasteiger partial charge in [-0.15, -0.1) is 0 Å². The fourth-order valence-electron chi connectivity index (χ4n) is 2.36. The van der Waals surface area contributed by atoms with E-state index in [9.17, 15) is 9.59 Å². The maximum absolute atomic E-state index is 11.9. The fourth-order valence-corrected chi connectivity index (χ4v) is 2.36. The number of urea groups is 1. The molecular formula is C14H18N2O4. The van der Waals surface area contributed by atoms with Crippen LogP contribution in [0.5, 0.6) is 0 Å². The van der Waals surface area contributed by atoms with Crippen molar-refractivity contribution in [2.75, 3.05) is 26.8 Å². The third kappa shape index (κ3) is 3.08. The second kappa shape index (κ2) is 6.38. The number of nitrogens with one attached hydrogen (secondary N) is 1. The molecule has 0 aromatic heterocycles. The van der Waals surface area contributed by atoms with E-state index in [0.29, 0.717) is 38.2 Å². The zero-order valence-electron chi connectivity index (χ0n) is 11.4. The number of methoxy groups -OCH3 is 1. The molecule has 1 aliphatic rings. The summed E-state index contributed by atoms with van der Waals surface area (Å²) < 4.78 is 4.88. The van der Waals surface area contributed by atoms with Crippen LogP contribution in [0.4, 0.5) is 4.79 Å². The molecule has 0 spiro atoms. The Bertz CT molecular complexity index is 516. The average molecular weight is 278 g/mol. The van der Waals surface area contributed by atoms with Crippen molar-refractivity contribution in [3.05, 3.63) is 34.9 Å². The quantitative estimate of drug-likeness (QED) is 0.808. The molecule has 2 rings (SSSR count). The molecule has 0 atom stereocenters. The molecule has 6 heteroatoms. The Balaban J connectivity index is 2.06. The summed E-state index contributed by atoms with van der Waals surface area (Å²) >= 11 is 0. The third-order valence-corrected chi connectivity index (χ3v) is 3.37. The number of hydrogen-bond donors (Lipinski definition) is 2. The highest BCUT2D eigenvalue weighted by Gasteiger charge is 2.23. The van der Waals surface area contributed by atoms with Crippen LogP contribution < -0.4 is 5.32 Å². The van der Waals surface area contributed by atoms with Crippen LogP contribution >= 0.6 is 0 Å². The minimum absolute atomic E-state index is 0.145. The van der Waals surface area contributed by atoms with Gasteiger partial charge in [0.25, 0.3) is 0 Å². The Labute approximate surface area is 117 Å². The number of amides is 2. The first-order valence-electron chi connectivity index (χ1n) is 6.49. The maximum Gasteiger partial charge on any atom is 0.335 e. The first kappa shape index (κ1) is 14.3. The SMILES string of the molecule is COCCNC(=O)N1CCc2c(cccc2C(=O)O)C1. The molecule has 6 nitrogen and oxygen atoms in total. The number of aromatic carboxylic acids is 1. The van der Waals surface area contributed by atoms with Gasteiger partial charge in [0.1, 0.15) is 0 Å². The molecule has 2 N–H and O–H groups in total. The molecule has 108 valence electrons. The van der Waals surface area contributed by atoms with Crippen molar-refractivity contribution in [3.8, 4) is 0 Å². The summed E-state index contributed by atoms with van der Waals surface area (Å²) in [5.74, 6) is -0.917. The summed E-state index contributed by atoms with van der Waals surface area (Å²) in [5.41, 5.74) is 2.07. The highest BCUT2D eigenvalue weighted by atomic mass is 16.5. The van der Waals surface area contributed by atoms with Crippen molar-refractivity contribution in [2.24, 2.45) is 0 Å². The smallest absolute Gasteiger partial charge is 0.335 e. The molecule has 0 radical (unpaired) electrons. The Morgan fingerprint density at radius 3 is 2.95 bits per heavy atom. The van der Waals surface area contributed by atoms with E-state index in [1.807, 2.05) is 6.07 Å². The Morgan fingerprint density at radius 2 is 2.25 bits per heavy atom. The minimum Gasteiger partial charge on any atom is -0.478 e. The summed E-state index contributed by atoms with van der Waals surface area (Å²) in [5, 5.41) is 11.9. The summed E-state index contributed by atoms with van der Waals surface area (Å²) in [6.07, 6.45) is 0.565. The zero-order valence-corrected chi connectivity index (χ0v) is 11.4. The monoisotopic (exact) mass is 278 g/mol. The highest BCUT2D eigenvalue weighted by molar-refractivity contribution is 5.90. The van der Waals surface area contributed by atoms with Crippen molar-refractivity contribution >= 4 is 12.0 Å². The maximum atomic E-state index is 11.9. The van der Waals surface area contributed by atoms with Crippen LogP contribution in [-0.4, -0.2) is 48.8 Å². The van der Waals surface area contributed by atoms with E-state index < -0.39 is 5.97 Å². The van der Waals surface area contributed by atoms with Crippen LogP contribution in [0.2, 0.25) is 0 Å². The molecule has 1 aromatic rings.